The molecule has 3 rings (SSSR count). The van der Waals surface area contributed by atoms with Gasteiger partial charge in [-0.1, -0.05) is 42.3 Å². The Morgan fingerprint density at radius 3 is 2.61 bits per heavy atom. The smallest absolute Gasteiger partial charge is 0.294 e. The lowest BCUT2D eigenvalue weighted by molar-refractivity contribution is -0.127. The summed E-state index contributed by atoms with van der Waals surface area (Å²) in [6.07, 6.45) is 2.26. The van der Waals surface area contributed by atoms with Crippen LogP contribution in [-0.2, 0) is 9.59 Å². The number of rotatable bonds is 8. The lowest BCUT2D eigenvalue weighted by atomic mass is 10.1. The highest BCUT2D eigenvalue weighted by atomic mass is 35.5. The van der Waals surface area contributed by atoms with Crippen LogP contribution in [0.15, 0.2) is 41.3 Å². The highest BCUT2D eigenvalue weighted by Crippen LogP contribution is 2.39. The number of halogens is 2. The summed E-state index contributed by atoms with van der Waals surface area (Å²) in [5, 5.41) is 2.72. The van der Waals surface area contributed by atoms with Gasteiger partial charge in [0.15, 0.2) is 11.5 Å². The van der Waals surface area contributed by atoms with Crippen molar-refractivity contribution in [2.75, 3.05) is 19.0 Å². The van der Waals surface area contributed by atoms with Gasteiger partial charge in [-0.3, -0.25) is 19.3 Å². The minimum Gasteiger partial charge on any atom is -0.493 e. The Labute approximate surface area is 206 Å². The molecule has 0 aliphatic carbocycles. The molecule has 7 nitrogen and oxygen atoms in total. The van der Waals surface area contributed by atoms with Gasteiger partial charge in [-0.2, -0.15) is 0 Å². The van der Waals surface area contributed by atoms with Crippen molar-refractivity contribution in [1.82, 2.24) is 4.90 Å². The molecule has 2 aromatic rings. The Kier molecular flexibility index (Phi) is 8.29. The number of benzene rings is 2. The van der Waals surface area contributed by atoms with Crippen molar-refractivity contribution in [1.29, 1.82) is 0 Å². The lowest BCUT2D eigenvalue weighted by Gasteiger charge is -2.17. The van der Waals surface area contributed by atoms with Gasteiger partial charge in [-0.25, -0.2) is 0 Å². The first-order valence-corrected chi connectivity index (χ1v) is 11.6. The quantitative estimate of drug-likeness (QED) is 0.449. The van der Waals surface area contributed by atoms with Gasteiger partial charge < -0.3 is 14.8 Å². The molecule has 3 amide bonds. The number of thioether (sulfide) groups is 1. The van der Waals surface area contributed by atoms with E-state index in [1.807, 2.05) is 13.8 Å². The maximum Gasteiger partial charge on any atom is 0.294 e. The van der Waals surface area contributed by atoms with E-state index in [4.69, 9.17) is 32.7 Å². The molecule has 1 N–H and O–H groups in total. The third-order valence-electron chi connectivity index (χ3n) is 4.77. The summed E-state index contributed by atoms with van der Waals surface area (Å²) in [6, 6.07) is 9.98. The monoisotopic (exact) mass is 508 g/mol. The summed E-state index contributed by atoms with van der Waals surface area (Å²) >= 11 is 13.2. The predicted molar refractivity (Wildman–Crippen MR) is 131 cm³/mol. The zero-order valence-electron chi connectivity index (χ0n) is 18.2. The van der Waals surface area contributed by atoms with E-state index in [1.54, 1.807) is 36.4 Å². The Morgan fingerprint density at radius 1 is 1.21 bits per heavy atom. The molecule has 1 aliphatic heterocycles. The topological polar surface area (TPSA) is 84.9 Å². The number of nitrogens with zero attached hydrogens (tertiary/aromatic N) is 1. The van der Waals surface area contributed by atoms with E-state index in [1.165, 1.54) is 13.2 Å². The molecule has 0 bridgehead atoms. The Hall–Kier alpha value is -2.68. The van der Waals surface area contributed by atoms with Gasteiger partial charge in [-0.15, -0.1) is 0 Å². The van der Waals surface area contributed by atoms with E-state index in [2.05, 4.69) is 5.32 Å². The fourth-order valence-corrected chi connectivity index (χ4v) is 4.19. The maximum atomic E-state index is 12.8. The third kappa shape index (κ3) is 6.01. The summed E-state index contributed by atoms with van der Waals surface area (Å²) in [4.78, 5) is 38.6. The SMILES string of the molecule is CC[C@@H](C)Oc1c(Cl)cc(/C=C2/SC(=O)N(CC(=O)Nc3ccccc3Cl)C2=O)cc1OC. The van der Waals surface area contributed by atoms with Crippen molar-refractivity contribution in [2.24, 2.45) is 0 Å². The number of hydrogen-bond acceptors (Lipinski definition) is 6. The van der Waals surface area contributed by atoms with Crippen LogP contribution in [0.4, 0.5) is 10.5 Å². The van der Waals surface area contributed by atoms with Gasteiger partial charge in [0, 0.05) is 0 Å². The summed E-state index contributed by atoms with van der Waals surface area (Å²) in [5.41, 5.74) is 0.951. The van der Waals surface area contributed by atoms with Gasteiger partial charge in [0.2, 0.25) is 5.91 Å². The number of methoxy groups -OCH3 is 1. The highest BCUT2D eigenvalue weighted by Gasteiger charge is 2.36. The van der Waals surface area contributed by atoms with Crippen LogP contribution < -0.4 is 14.8 Å². The first-order valence-electron chi connectivity index (χ1n) is 10.1. The van der Waals surface area contributed by atoms with Crippen molar-refractivity contribution < 1.29 is 23.9 Å². The summed E-state index contributed by atoms with van der Waals surface area (Å²) in [5.74, 6) is -0.292. The maximum absolute atomic E-state index is 12.8. The molecule has 0 aromatic heterocycles. The fraction of sp³-hybridized carbons (Fsp3) is 0.261. The molecule has 0 radical (unpaired) electrons. The lowest BCUT2D eigenvalue weighted by Crippen LogP contribution is -2.36. The molecule has 174 valence electrons. The zero-order chi connectivity index (χ0) is 24.1. The van der Waals surface area contributed by atoms with Crippen molar-refractivity contribution in [3.05, 3.63) is 56.9 Å². The Balaban J connectivity index is 1.77. The van der Waals surface area contributed by atoms with Crippen LogP contribution in [0.1, 0.15) is 25.8 Å². The largest absolute Gasteiger partial charge is 0.493 e. The van der Waals surface area contributed by atoms with Crippen LogP contribution in [0.2, 0.25) is 10.0 Å². The van der Waals surface area contributed by atoms with Crippen molar-refractivity contribution in [2.45, 2.75) is 26.4 Å². The normalized spacial score (nSPS) is 15.7. The van der Waals surface area contributed by atoms with Gasteiger partial charge in [0.25, 0.3) is 11.1 Å². The molecule has 0 unspecified atom stereocenters. The molecule has 1 fully saturated rings. The van der Waals surface area contributed by atoms with Crippen LogP contribution in [-0.4, -0.2) is 41.7 Å². The number of ether oxygens (including phenoxy) is 2. The number of amides is 3. The van der Waals surface area contributed by atoms with E-state index in [0.717, 1.165) is 23.1 Å². The van der Waals surface area contributed by atoms with Crippen LogP contribution in [0.3, 0.4) is 0 Å². The average molecular weight is 509 g/mol. The summed E-state index contributed by atoms with van der Waals surface area (Å²) in [6.45, 7) is 3.48. The van der Waals surface area contributed by atoms with Crippen molar-refractivity contribution in [3.8, 4) is 11.5 Å². The van der Waals surface area contributed by atoms with Crippen LogP contribution in [0.25, 0.3) is 6.08 Å². The number of carbonyl (C=O) groups is 3. The predicted octanol–water partition coefficient (Wildman–Crippen LogP) is 5.85. The first kappa shape index (κ1) is 25.0. The number of hydrogen-bond donors (Lipinski definition) is 1. The van der Waals surface area contributed by atoms with Crippen LogP contribution >= 0.6 is 35.0 Å². The van der Waals surface area contributed by atoms with E-state index < -0.39 is 23.6 Å². The first-order chi connectivity index (χ1) is 15.7. The third-order valence-corrected chi connectivity index (χ3v) is 6.28. The second kappa shape index (κ2) is 11.0. The standard InChI is InChI=1S/C23H22Cl2N2O5S/c1-4-13(2)32-21-16(25)9-14(10-18(21)31-3)11-19-22(29)27(23(30)33-19)12-20(28)26-17-8-6-5-7-15(17)24/h5-11,13H,4,12H2,1-3H3,(H,26,28)/b19-11+/t13-/m1/s1. The molecule has 0 saturated carbocycles. The number of anilines is 1. The average Bonchev–Trinajstić information content (AvgIpc) is 3.04. The van der Waals surface area contributed by atoms with Gasteiger partial charge in [-0.05, 0) is 61.0 Å². The van der Waals surface area contributed by atoms with Gasteiger partial charge >= 0.3 is 0 Å². The minimum atomic E-state index is -0.575. The summed E-state index contributed by atoms with van der Waals surface area (Å²) < 4.78 is 11.2. The van der Waals surface area contributed by atoms with E-state index in [9.17, 15) is 14.4 Å². The molecule has 10 heteroatoms. The van der Waals surface area contributed by atoms with Crippen LogP contribution in [0, 0.1) is 0 Å². The number of para-hydroxylation sites is 1. The van der Waals surface area contributed by atoms with E-state index in [0.29, 0.717) is 32.8 Å². The summed E-state index contributed by atoms with van der Waals surface area (Å²) in [7, 11) is 1.49. The second-order valence-corrected chi connectivity index (χ2v) is 8.97. The fourth-order valence-electron chi connectivity index (χ4n) is 2.91. The molecule has 1 aliphatic rings. The molecule has 2 aromatic carbocycles. The molecule has 0 spiro atoms. The van der Waals surface area contributed by atoms with E-state index >= 15 is 0 Å². The molecule has 33 heavy (non-hydrogen) atoms. The highest BCUT2D eigenvalue weighted by molar-refractivity contribution is 8.18. The molecule has 1 saturated heterocycles. The Morgan fingerprint density at radius 2 is 1.94 bits per heavy atom. The second-order valence-electron chi connectivity index (χ2n) is 7.17. The van der Waals surface area contributed by atoms with Crippen LogP contribution in [0.5, 0.6) is 11.5 Å². The number of imide groups is 1. The van der Waals surface area contributed by atoms with E-state index in [-0.39, 0.29) is 11.0 Å². The minimum absolute atomic E-state index is 0.0596. The number of carbonyl (C=O) groups excluding carboxylic acids is 3. The van der Waals surface area contributed by atoms with Crippen molar-refractivity contribution >= 4 is 63.8 Å². The Bertz CT molecular complexity index is 1120. The molecule has 1 heterocycles. The molecular weight excluding hydrogens is 487 g/mol. The van der Waals surface area contributed by atoms with Gasteiger partial charge in [0.1, 0.15) is 6.54 Å². The van der Waals surface area contributed by atoms with Gasteiger partial charge in [0.05, 0.1) is 33.9 Å². The zero-order valence-corrected chi connectivity index (χ0v) is 20.5. The molecule has 1 atom stereocenters. The molecular formula is C23H22Cl2N2O5S. The van der Waals surface area contributed by atoms with Crippen molar-refractivity contribution in [3.63, 3.8) is 0 Å². The number of nitrogens with one attached hydrogen (secondary N) is 1.